The Morgan fingerprint density at radius 2 is 2.03 bits per heavy atom. The number of ether oxygens (including phenoxy) is 1. The summed E-state index contributed by atoms with van der Waals surface area (Å²) in [5, 5.41) is 1.62. The van der Waals surface area contributed by atoms with Gasteiger partial charge in [-0.05, 0) is 31.5 Å². The molecule has 3 rings (SSSR count). The minimum atomic E-state index is -0.111. The molecule has 0 aliphatic rings. The first kappa shape index (κ1) is 22.3. The lowest BCUT2D eigenvalue weighted by Crippen LogP contribution is -2.24. The van der Waals surface area contributed by atoms with Crippen molar-refractivity contribution >= 4 is 46.2 Å². The topological polar surface area (TPSA) is 112 Å². The highest BCUT2D eigenvalue weighted by atomic mass is 35.5. The van der Waals surface area contributed by atoms with Crippen LogP contribution < -0.4 is 16.2 Å². The maximum atomic E-state index is 13.1. The van der Waals surface area contributed by atoms with Gasteiger partial charge in [-0.15, -0.1) is 0 Å². The van der Waals surface area contributed by atoms with Crippen LogP contribution in [0.4, 0.5) is 11.9 Å². The second-order valence-electron chi connectivity index (χ2n) is 6.66. The number of nitrogens with zero attached hydrogens (tertiary/aromatic N) is 6. The van der Waals surface area contributed by atoms with Gasteiger partial charge in [0.15, 0.2) is 5.16 Å². The molecule has 0 atom stereocenters. The van der Waals surface area contributed by atoms with Crippen LogP contribution in [0.3, 0.4) is 0 Å². The molecule has 0 saturated heterocycles. The van der Waals surface area contributed by atoms with Crippen LogP contribution in [-0.4, -0.2) is 51.8 Å². The second kappa shape index (κ2) is 10.1. The third-order valence-corrected chi connectivity index (χ3v) is 5.38. The molecule has 11 heteroatoms. The highest BCUT2D eigenvalue weighted by molar-refractivity contribution is 7.98. The van der Waals surface area contributed by atoms with Crippen LogP contribution in [0.15, 0.2) is 28.2 Å². The summed E-state index contributed by atoms with van der Waals surface area (Å²) in [5.41, 5.74) is 6.25. The van der Waals surface area contributed by atoms with E-state index in [0.717, 1.165) is 0 Å². The zero-order valence-corrected chi connectivity index (χ0v) is 18.7. The van der Waals surface area contributed by atoms with Crippen molar-refractivity contribution < 1.29 is 4.74 Å². The molecule has 0 amide bonds. The first-order valence-corrected chi connectivity index (χ1v) is 10.8. The minimum absolute atomic E-state index is 0.111. The number of thioether (sulfide) groups is 1. The molecule has 0 bridgehead atoms. The van der Waals surface area contributed by atoms with E-state index in [2.05, 4.69) is 19.9 Å². The highest BCUT2D eigenvalue weighted by Gasteiger charge is 2.14. The van der Waals surface area contributed by atoms with Crippen molar-refractivity contribution in [3.63, 3.8) is 0 Å². The molecule has 9 nitrogen and oxygen atoms in total. The molecule has 1 aromatic carbocycles. The van der Waals surface area contributed by atoms with E-state index in [1.807, 2.05) is 21.0 Å². The number of hydrogen-bond donors (Lipinski definition) is 1. The minimum Gasteiger partial charge on any atom is -0.382 e. The Balaban J connectivity index is 1.93. The number of hydrogen-bond acceptors (Lipinski definition) is 9. The van der Waals surface area contributed by atoms with Crippen molar-refractivity contribution in [2.24, 2.45) is 0 Å². The summed E-state index contributed by atoms with van der Waals surface area (Å²) in [4.78, 5) is 32.2. The molecule has 2 N–H and O–H groups in total. The fourth-order valence-corrected chi connectivity index (χ4v) is 3.82. The van der Waals surface area contributed by atoms with Gasteiger partial charge < -0.3 is 15.4 Å². The molecule has 2 aromatic heterocycles. The Bertz CT molecular complexity index is 1090. The van der Waals surface area contributed by atoms with E-state index in [-0.39, 0.29) is 11.5 Å². The van der Waals surface area contributed by atoms with E-state index < -0.39 is 0 Å². The molecule has 0 spiro atoms. The lowest BCUT2D eigenvalue weighted by molar-refractivity contribution is 0.140. The summed E-state index contributed by atoms with van der Waals surface area (Å²) in [6.07, 6.45) is 0.700. The van der Waals surface area contributed by atoms with Crippen LogP contribution in [0, 0.1) is 0 Å². The normalized spacial score (nSPS) is 11.2. The number of benzene rings is 1. The van der Waals surface area contributed by atoms with Gasteiger partial charge in [0.1, 0.15) is 5.82 Å². The Morgan fingerprint density at radius 3 is 2.77 bits per heavy atom. The Hall–Kier alpha value is -2.43. The van der Waals surface area contributed by atoms with Gasteiger partial charge in [0.25, 0.3) is 5.56 Å². The molecule has 2 heterocycles. The zero-order chi connectivity index (χ0) is 21.7. The van der Waals surface area contributed by atoms with Gasteiger partial charge in [0, 0.05) is 38.9 Å². The van der Waals surface area contributed by atoms with Crippen molar-refractivity contribution in [2.75, 3.05) is 37.9 Å². The third-order valence-electron chi connectivity index (χ3n) is 4.17. The lowest BCUT2D eigenvalue weighted by atomic mass is 10.2. The van der Waals surface area contributed by atoms with Crippen LogP contribution >= 0.6 is 23.4 Å². The van der Waals surface area contributed by atoms with Crippen molar-refractivity contribution in [1.29, 1.82) is 0 Å². The summed E-state index contributed by atoms with van der Waals surface area (Å²) < 4.78 is 7.07. The summed E-state index contributed by atoms with van der Waals surface area (Å²) in [6, 6.07) is 5.09. The number of fused-ring (bicyclic) bond motifs is 1. The van der Waals surface area contributed by atoms with Gasteiger partial charge in [-0.2, -0.15) is 15.0 Å². The molecule has 30 heavy (non-hydrogen) atoms. The molecule has 0 fully saturated rings. The predicted octanol–water partition coefficient (Wildman–Crippen LogP) is 2.60. The van der Waals surface area contributed by atoms with Crippen molar-refractivity contribution in [1.82, 2.24) is 24.5 Å². The quantitative estimate of drug-likeness (QED) is 0.299. The van der Waals surface area contributed by atoms with Crippen molar-refractivity contribution in [3.05, 3.63) is 39.4 Å². The smallest absolute Gasteiger partial charge is 0.262 e. The van der Waals surface area contributed by atoms with E-state index in [1.54, 1.807) is 27.7 Å². The van der Waals surface area contributed by atoms with E-state index in [1.165, 1.54) is 11.8 Å². The van der Waals surface area contributed by atoms with Crippen LogP contribution in [0.2, 0.25) is 5.02 Å². The van der Waals surface area contributed by atoms with Gasteiger partial charge in [-0.3, -0.25) is 9.36 Å². The maximum absolute atomic E-state index is 13.1. The first-order chi connectivity index (χ1) is 14.4. The molecule has 0 saturated carbocycles. The number of halogens is 1. The summed E-state index contributed by atoms with van der Waals surface area (Å²) in [7, 11) is 3.66. The number of rotatable bonds is 9. The second-order valence-corrected chi connectivity index (χ2v) is 8.03. The first-order valence-electron chi connectivity index (χ1n) is 9.47. The van der Waals surface area contributed by atoms with Gasteiger partial charge in [0.2, 0.25) is 11.9 Å². The van der Waals surface area contributed by atoms with Crippen LogP contribution in [0.25, 0.3) is 10.9 Å². The Morgan fingerprint density at radius 1 is 1.23 bits per heavy atom. The van der Waals surface area contributed by atoms with Gasteiger partial charge >= 0.3 is 0 Å². The fraction of sp³-hybridized carbons (Fsp3) is 0.421. The maximum Gasteiger partial charge on any atom is 0.262 e. The van der Waals surface area contributed by atoms with E-state index in [0.29, 0.717) is 64.8 Å². The average molecular weight is 450 g/mol. The van der Waals surface area contributed by atoms with Crippen LogP contribution in [0.5, 0.6) is 0 Å². The number of anilines is 2. The van der Waals surface area contributed by atoms with Gasteiger partial charge in [-0.25, -0.2) is 4.98 Å². The molecule has 0 unspecified atom stereocenters. The van der Waals surface area contributed by atoms with E-state index >= 15 is 0 Å². The summed E-state index contributed by atoms with van der Waals surface area (Å²) in [5.74, 6) is 1.52. The number of nitrogens with two attached hydrogens (primary N) is 1. The largest absolute Gasteiger partial charge is 0.382 e. The average Bonchev–Trinajstić information content (AvgIpc) is 2.70. The molecular weight excluding hydrogens is 426 g/mol. The Kier molecular flexibility index (Phi) is 7.46. The molecule has 160 valence electrons. The predicted molar refractivity (Wildman–Crippen MR) is 120 cm³/mol. The molecular formula is C19H24ClN7O2S. The molecule has 0 aliphatic carbocycles. The van der Waals surface area contributed by atoms with Crippen molar-refractivity contribution in [3.8, 4) is 0 Å². The summed E-state index contributed by atoms with van der Waals surface area (Å²) in [6.45, 7) is 3.65. The number of nitrogen functional groups attached to an aromatic ring is 1. The van der Waals surface area contributed by atoms with E-state index in [9.17, 15) is 4.79 Å². The highest BCUT2D eigenvalue weighted by Crippen LogP contribution is 2.23. The van der Waals surface area contributed by atoms with E-state index in [4.69, 9.17) is 22.1 Å². The lowest BCUT2D eigenvalue weighted by Gasteiger charge is -2.14. The van der Waals surface area contributed by atoms with Crippen LogP contribution in [-0.2, 0) is 17.0 Å². The summed E-state index contributed by atoms with van der Waals surface area (Å²) >= 11 is 7.47. The monoisotopic (exact) mass is 449 g/mol. The fourth-order valence-electron chi connectivity index (χ4n) is 2.77. The zero-order valence-electron chi connectivity index (χ0n) is 17.1. The third kappa shape index (κ3) is 5.38. The molecule has 0 radical (unpaired) electrons. The number of aromatic nitrogens is 5. The SMILES string of the molecule is CCOCCCn1c(SCc2nc(N)nc(N(C)C)n2)nc2cc(Cl)ccc2c1=O. The Labute approximate surface area is 183 Å². The molecule has 3 aromatic rings. The van der Waals surface area contributed by atoms with Crippen molar-refractivity contribution in [2.45, 2.75) is 30.8 Å². The molecule has 0 aliphatic heterocycles. The van der Waals surface area contributed by atoms with Crippen LogP contribution in [0.1, 0.15) is 19.2 Å². The van der Waals surface area contributed by atoms with Gasteiger partial charge in [0.05, 0.1) is 16.7 Å². The standard InChI is InChI=1S/C19H24ClN7O2S/c1-4-29-9-5-8-27-16(28)13-7-6-12(20)10-14(13)22-19(27)30-11-15-23-17(21)25-18(24-15)26(2)3/h6-7,10H,4-5,8-9,11H2,1-3H3,(H2,21,23,24,25). The van der Waals surface area contributed by atoms with Gasteiger partial charge in [-0.1, -0.05) is 23.4 Å².